The van der Waals surface area contributed by atoms with Crippen LogP contribution in [-0.4, -0.2) is 6.54 Å². The lowest BCUT2D eigenvalue weighted by molar-refractivity contribution is 0.499. The molecular formula is C15H23N. The molecule has 1 N–H and O–H groups in total. The Morgan fingerprint density at radius 3 is 2.56 bits per heavy atom. The molecule has 1 unspecified atom stereocenters. The van der Waals surface area contributed by atoms with Crippen molar-refractivity contribution in [3.8, 4) is 0 Å². The topological polar surface area (TPSA) is 12.0 Å². The Morgan fingerprint density at radius 1 is 1.31 bits per heavy atom. The number of hydrogen-bond acceptors (Lipinski definition) is 1. The third kappa shape index (κ3) is 4.63. The first-order valence-electron chi connectivity index (χ1n) is 6.16. The lowest BCUT2D eigenvalue weighted by atomic mass is 10.00. The van der Waals surface area contributed by atoms with Crippen LogP contribution in [0.3, 0.4) is 0 Å². The molecule has 0 aromatic heterocycles. The van der Waals surface area contributed by atoms with Crippen molar-refractivity contribution >= 4 is 0 Å². The number of rotatable bonds is 7. The summed E-state index contributed by atoms with van der Waals surface area (Å²) in [6.45, 7) is 9.35. The van der Waals surface area contributed by atoms with Gasteiger partial charge in [0.2, 0.25) is 0 Å². The molecule has 0 aliphatic heterocycles. The fraction of sp³-hybridized carbons (Fsp3) is 0.467. The molecule has 0 radical (unpaired) electrons. The van der Waals surface area contributed by atoms with Crippen molar-refractivity contribution in [2.24, 2.45) is 0 Å². The molecule has 16 heavy (non-hydrogen) atoms. The van der Waals surface area contributed by atoms with Crippen LogP contribution in [0.1, 0.15) is 44.7 Å². The summed E-state index contributed by atoms with van der Waals surface area (Å²) in [5, 5.41) is 3.60. The van der Waals surface area contributed by atoms with Gasteiger partial charge in [0.05, 0.1) is 0 Å². The minimum absolute atomic E-state index is 0.470. The Kier molecular flexibility index (Phi) is 5.87. The summed E-state index contributed by atoms with van der Waals surface area (Å²) in [5.41, 5.74) is 2.65. The van der Waals surface area contributed by atoms with E-state index in [1.807, 2.05) is 0 Å². The summed E-state index contributed by atoms with van der Waals surface area (Å²) in [4.78, 5) is 0. The van der Waals surface area contributed by atoms with Crippen LogP contribution in [-0.2, 0) is 0 Å². The van der Waals surface area contributed by atoms with Crippen LogP contribution >= 0.6 is 0 Å². The molecule has 1 rings (SSSR count). The maximum absolute atomic E-state index is 3.97. The zero-order valence-electron chi connectivity index (χ0n) is 10.5. The first kappa shape index (κ1) is 13.0. The van der Waals surface area contributed by atoms with E-state index in [1.54, 1.807) is 0 Å². The van der Waals surface area contributed by atoms with Crippen molar-refractivity contribution < 1.29 is 0 Å². The molecule has 1 nitrogen and oxygen atoms in total. The minimum atomic E-state index is 0.470. The van der Waals surface area contributed by atoms with Gasteiger partial charge in [0.25, 0.3) is 0 Å². The molecule has 0 spiro atoms. The van der Waals surface area contributed by atoms with Gasteiger partial charge in [-0.15, -0.1) is 6.58 Å². The maximum atomic E-state index is 3.97. The normalized spacial score (nSPS) is 12.4. The molecule has 0 aliphatic carbocycles. The second kappa shape index (κ2) is 7.24. The summed E-state index contributed by atoms with van der Waals surface area (Å²) in [6, 6.07) is 11.2. The molecule has 1 aromatic rings. The largest absolute Gasteiger partial charge is 0.310 e. The van der Waals surface area contributed by atoms with E-state index < -0.39 is 0 Å². The summed E-state index contributed by atoms with van der Waals surface area (Å²) >= 11 is 0. The van der Waals surface area contributed by atoms with Crippen LogP contribution in [0.2, 0.25) is 0 Å². The summed E-state index contributed by atoms with van der Waals surface area (Å²) in [5.74, 6) is 0. The van der Waals surface area contributed by atoms with Gasteiger partial charge in [-0.1, -0.05) is 42.8 Å². The van der Waals surface area contributed by atoms with Crippen LogP contribution in [0.4, 0.5) is 0 Å². The van der Waals surface area contributed by atoms with Crippen molar-refractivity contribution in [3.05, 3.63) is 48.0 Å². The highest BCUT2D eigenvalue weighted by Gasteiger charge is 2.09. The van der Waals surface area contributed by atoms with Crippen LogP contribution < -0.4 is 5.32 Å². The van der Waals surface area contributed by atoms with E-state index in [-0.39, 0.29) is 0 Å². The predicted molar refractivity (Wildman–Crippen MR) is 71.5 cm³/mol. The van der Waals surface area contributed by atoms with Crippen LogP contribution in [0.25, 0.3) is 0 Å². The van der Waals surface area contributed by atoms with Gasteiger partial charge in [0.1, 0.15) is 0 Å². The van der Waals surface area contributed by atoms with Gasteiger partial charge >= 0.3 is 0 Å². The third-order valence-electron chi connectivity index (χ3n) is 2.70. The third-order valence-corrected chi connectivity index (χ3v) is 2.70. The number of allylic oxidation sites excluding steroid dienone is 1. The van der Waals surface area contributed by atoms with Crippen molar-refractivity contribution in [3.63, 3.8) is 0 Å². The van der Waals surface area contributed by atoms with E-state index >= 15 is 0 Å². The highest BCUT2D eigenvalue weighted by Crippen LogP contribution is 2.20. The summed E-state index contributed by atoms with van der Waals surface area (Å²) in [6.07, 6.45) is 3.41. The van der Waals surface area contributed by atoms with Crippen LogP contribution in [0.15, 0.2) is 42.5 Å². The highest BCUT2D eigenvalue weighted by molar-refractivity contribution is 5.19. The zero-order valence-corrected chi connectivity index (χ0v) is 10.5. The Hall–Kier alpha value is -1.08. The van der Waals surface area contributed by atoms with E-state index in [4.69, 9.17) is 0 Å². The van der Waals surface area contributed by atoms with Crippen molar-refractivity contribution in [2.45, 2.75) is 39.2 Å². The second-order valence-electron chi connectivity index (χ2n) is 4.41. The number of nitrogens with one attached hydrogen (secondary N) is 1. The fourth-order valence-electron chi connectivity index (χ4n) is 1.78. The van der Waals surface area contributed by atoms with Crippen molar-refractivity contribution in [1.82, 2.24) is 5.32 Å². The second-order valence-corrected chi connectivity index (χ2v) is 4.41. The molecule has 0 saturated carbocycles. The highest BCUT2D eigenvalue weighted by atomic mass is 14.9. The fourth-order valence-corrected chi connectivity index (χ4v) is 1.78. The van der Waals surface area contributed by atoms with E-state index in [1.165, 1.54) is 17.6 Å². The van der Waals surface area contributed by atoms with Crippen LogP contribution in [0, 0.1) is 0 Å². The molecule has 1 atom stereocenters. The molecule has 0 saturated heterocycles. The Morgan fingerprint density at radius 2 is 2.00 bits per heavy atom. The van der Waals surface area contributed by atoms with Gasteiger partial charge in [-0.25, -0.2) is 0 Å². The molecule has 0 fully saturated rings. The van der Waals surface area contributed by atoms with Crippen molar-refractivity contribution in [2.75, 3.05) is 6.54 Å². The molecule has 1 aromatic carbocycles. The minimum Gasteiger partial charge on any atom is -0.310 e. The summed E-state index contributed by atoms with van der Waals surface area (Å²) < 4.78 is 0. The smallest absolute Gasteiger partial charge is 0.0323 e. The average Bonchev–Trinajstić information content (AvgIpc) is 2.30. The molecule has 0 aliphatic rings. The van der Waals surface area contributed by atoms with E-state index in [2.05, 4.69) is 56.1 Å². The van der Waals surface area contributed by atoms with Crippen molar-refractivity contribution in [1.29, 1.82) is 0 Å². The quantitative estimate of drug-likeness (QED) is 0.678. The summed E-state index contributed by atoms with van der Waals surface area (Å²) in [7, 11) is 0. The zero-order chi connectivity index (χ0) is 11.8. The van der Waals surface area contributed by atoms with Gasteiger partial charge in [0.15, 0.2) is 0 Å². The van der Waals surface area contributed by atoms with Crippen LogP contribution in [0.5, 0.6) is 0 Å². The predicted octanol–water partition coefficient (Wildman–Crippen LogP) is 4.08. The molecular weight excluding hydrogens is 194 g/mol. The SMILES string of the molecule is C=C(C)CCC(NCCC)c1ccccc1. The van der Waals surface area contributed by atoms with Gasteiger partial charge in [-0.2, -0.15) is 0 Å². The first-order valence-corrected chi connectivity index (χ1v) is 6.16. The Bertz CT molecular complexity index is 302. The van der Waals surface area contributed by atoms with E-state index in [9.17, 15) is 0 Å². The standard InChI is InChI=1S/C15H23N/c1-4-12-16-15(11-10-13(2)3)14-8-6-5-7-9-14/h5-9,15-16H,2,4,10-12H2,1,3H3. The molecule has 1 heteroatoms. The van der Waals surface area contributed by atoms with Gasteiger partial charge in [-0.3, -0.25) is 0 Å². The van der Waals surface area contributed by atoms with E-state index in [0.29, 0.717) is 6.04 Å². The molecule has 88 valence electrons. The number of hydrogen-bond donors (Lipinski definition) is 1. The molecule has 0 amide bonds. The first-order chi connectivity index (χ1) is 7.74. The van der Waals surface area contributed by atoms with E-state index in [0.717, 1.165) is 19.4 Å². The molecule has 0 heterocycles. The molecule has 0 bridgehead atoms. The van der Waals surface area contributed by atoms with Gasteiger partial charge in [-0.05, 0) is 38.3 Å². The number of benzene rings is 1. The van der Waals surface area contributed by atoms with Gasteiger partial charge < -0.3 is 5.32 Å². The lowest BCUT2D eigenvalue weighted by Crippen LogP contribution is -2.22. The average molecular weight is 217 g/mol. The van der Waals surface area contributed by atoms with Gasteiger partial charge in [0, 0.05) is 6.04 Å². The lowest BCUT2D eigenvalue weighted by Gasteiger charge is -2.19. The Balaban J connectivity index is 2.59. The Labute approximate surface area is 99.6 Å². The maximum Gasteiger partial charge on any atom is 0.0323 e. The monoisotopic (exact) mass is 217 g/mol.